The number of rotatable bonds is 17. The van der Waals surface area contributed by atoms with Gasteiger partial charge in [0, 0.05) is 0 Å². The number of unbranched alkanes of at least 4 members (excludes halogenated alkanes) is 15. The first-order valence-corrected chi connectivity index (χ1v) is 14.4. The molecule has 1 saturated heterocycles. The molecule has 142 valence electrons. The summed E-state index contributed by atoms with van der Waals surface area (Å²) in [5.74, 6) is 0. The average molecular weight is 351 g/mol. The Morgan fingerprint density at radius 2 is 0.833 bits per heavy atom. The highest BCUT2D eigenvalue weighted by Crippen LogP contribution is 2.23. The zero-order valence-corrected chi connectivity index (χ0v) is 18.3. The maximum absolute atomic E-state index is 2.30. The minimum atomic E-state index is -0.219. The number of hydrogen-bond donors (Lipinski definition) is 0. The fourth-order valence-corrected chi connectivity index (χ4v) is 7.92. The summed E-state index contributed by atoms with van der Waals surface area (Å²) in [6.45, 7) is 2.30. The van der Waals surface area contributed by atoms with Crippen LogP contribution in [0.25, 0.3) is 0 Å². The van der Waals surface area contributed by atoms with Crippen LogP contribution in [-0.4, -0.2) is 14.1 Å². The van der Waals surface area contributed by atoms with E-state index < -0.39 is 0 Å². The largest absolute Gasteiger partial charge is 0.261 e. The van der Waals surface area contributed by atoms with Gasteiger partial charge < -0.3 is 0 Å². The Morgan fingerprint density at radius 1 is 0.458 bits per heavy atom. The van der Waals surface area contributed by atoms with Gasteiger partial charge in [-0.3, -0.25) is 0 Å². The summed E-state index contributed by atoms with van der Waals surface area (Å²) in [5.41, 5.74) is 0. The Balaban J connectivity index is 1.66. The van der Waals surface area contributed by atoms with Crippen LogP contribution in [0.1, 0.15) is 129 Å². The van der Waals surface area contributed by atoms with Crippen molar-refractivity contribution in [1.82, 2.24) is 0 Å². The highest BCUT2D eigenvalue weighted by Gasteiger charge is 2.18. The van der Waals surface area contributed by atoms with Crippen molar-refractivity contribution in [3.63, 3.8) is 0 Å². The van der Waals surface area contributed by atoms with Crippen molar-refractivity contribution in [2.45, 2.75) is 145 Å². The maximum atomic E-state index is 2.30. The van der Waals surface area contributed by atoms with Crippen LogP contribution in [0.4, 0.5) is 0 Å². The van der Waals surface area contributed by atoms with Crippen LogP contribution < -0.4 is 0 Å². The summed E-state index contributed by atoms with van der Waals surface area (Å²) >= 11 is -0.219. The van der Waals surface area contributed by atoms with Gasteiger partial charge in [0.1, 0.15) is 0 Å². The van der Waals surface area contributed by atoms with Gasteiger partial charge in [-0.25, -0.2) is 0 Å². The Bertz CT molecular complexity index is 232. The standard InChI is InChI=1S/C18H37.C5H10.Al/c1-3-5-7-9-11-13-15-17-18-16-14-12-10-8-6-4-2;1-3-5-4-2;/h1,3-18H2,2H3;1-5H2;. The molecule has 0 atom stereocenters. The van der Waals surface area contributed by atoms with Crippen LogP contribution in [0.5, 0.6) is 0 Å². The second-order valence-corrected chi connectivity index (χ2v) is 12.1. The predicted molar refractivity (Wildman–Crippen MR) is 114 cm³/mol. The minimum absolute atomic E-state index is 0.219. The molecular weight excluding hydrogens is 303 g/mol. The first-order chi connectivity index (χ1) is 11.9. The Labute approximate surface area is 159 Å². The summed E-state index contributed by atoms with van der Waals surface area (Å²) in [4.78, 5) is 0. The molecule has 0 radical (unpaired) electrons. The zero-order valence-electron chi connectivity index (χ0n) is 17.1. The highest BCUT2D eigenvalue weighted by molar-refractivity contribution is 6.58. The molecule has 0 N–H and O–H groups in total. The maximum Gasteiger partial charge on any atom is 0.261 e. The van der Waals surface area contributed by atoms with Crippen molar-refractivity contribution in [1.29, 1.82) is 0 Å². The fourth-order valence-electron chi connectivity index (χ4n) is 4.46. The molecule has 24 heavy (non-hydrogen) atoms. The quantitative estimate of drug-likeness (QED) is 0.181. The molecule has 1 heteroatoms. The van der Waals surface area contributed by atoms with Gasteiger partial charge in [0.2, 0.25) is 0 Å². The number of hydrogen-bond acceptors (Lipinski definition) is 0. The summed E-state index contributed by atoms with van der Waals surface area (Å²) in [6.07, 6.45) is 28.7. The van der Waals surface area contributed by atoms with E-state index in [1.54, 1.807) is 48.0 Å². The molecular formula is C23H47Al. The van der Waals surface area contributed by atoms with E-state index in [4.69, 9.17) is 0 Å². The molecule has 1 aliphatic rings. The normalized spacial score (nSPS) is 15.1. The summed E-state index contributed by atoms with van der Waals surface area (Å²) in [6, 6.07) is 0. The van der Waals surface area contributed by atoms with Crippen molar-refractivity contribution in [3.8, 4) is 0 Å². The molecule has 0 aromatic heterocycles. The summed E-state index contributed by atoms with van der Waals surface area (Å²) < 4.78 is 0. The lowest BCUT2D eigenvalue weighted by Crippen LogP contribution is -2.15. The van der Waals surface area contributed by atoms with Crippen LogP contribution >= 0.6 is 0 Å². The molecule has 0 saturated carbocycles. The summed E-state index contributed by atoms with van der Waals surface area (Å²) in [5, 5.41) is 5.04. The monoisotopic (exact) mass is 350 g/mol. The average Bonchev–Trinajstić information content (AvgIpc) is 2.62. The fraction of sp³-hybridized carbons (Fsp3) is 1.00. The van der Waals surface area contributed by atoms with Crippen molar-refractivity contribution in [3.05, 3.63) is 0 Å². The van der Waals surface area contributed by atoms with Crippen LogP contribution in [0, 0.1) is 0 Å². The zero-order chi connectivity index (χ0) is 17.1. The van der Waals surface area contributed by atoms with Crippen LogP contribution in [-0.2, 0) is 0 Å². The van der Waals surface area contributed by atoms with Gasteiger partial charge in [0.05, 0.1) is 0 Å². The van der Waals surface area contributed by atoms with E-state index in [0.717, 1.165) is 0 Å². The van der Waals surface area contributed by atoms with E-state index >= 15 is 0 Å². The predicted octanol–water partition coefficient (Wildman–Crippen LogP) is 8.93. The second-order valence-electron chi connectivity index (χ2n) is 8.60. The van der Waals surface area contributed by atoms with Crippen molar-refractivity contribution in [2.24, 2.45) is 0 Å². The van der Waals surface area contributed by atoms with E-state index in [-0.39, 0.29) is 14.1 Å². The molecule has 0 spiro atoms. The molecule has 0 aromatic carbocycles. The smallest absolute Gasteiger partial charge is 0.0939 e. The van der Waals surface area contributed by atoms with Gasteiger partial charge in [0.25, 0.3) is 14.1 Å². The second kappa shape index (κ2) is 18.3. The third-order valence-corrected chi connectivity index (χ3v) is 9.86. The Hall–Kier alpha value is 0.532. The molecule has 0 bridgehead atoms. The molecule has 1 fully saturated rings. The van der Waals surface area contributed by atoms with Crippen molar-refractivity contribution >= 4 is 14.1 Å². The molecule has 0 nitrogen and oxygen atoms in total. The van der Waals surface area contributed by atoms with Gasteiger partial charge in [-0.05, 0) is 0 Å². The lowest BCUT2D eigenvalue weighted by atomic mass is 10.0. The van der Waals surface area contributed by atoms with Gasteiger partial charge >= 0.3 is 0 Å². The Kier molecular flexibility index (Phi) is 17.2. The van der Waals surface area contributed by atoms with Gasteiger partial charge in [-0.1, -0.05) is 145 Å². The van der Waals surface area contributed by atoms with E-state index in [1.807, 2.05) is 0 Å². The first kappa shape index (κ1) is 22.6. The highest BCUT2D eigenvalue weighted by atomic mass is 27.2. The van der Waals surface area contributed by atoms with Gasteiger partial charge in [-0.2, -0.15) is 0 Å². The molecule has 0 amide bonds. The molecule has 0 aromatic rings. The summed E-state index contributed by atoms with van der Waals surface area (Å²) in [7, 11) is 0. The first-order valence-electron chi connectivity index (χ1n) is 11.9. The van der Waals surface area contributed by atoms with E-state index in [9.17, 15) is 0 Å². The van der Waals surface area contributed by atoms with Gasteiger partial charge in [-0.15, -0.1) is 0 Å². The SMILES string of the molecule is CCCCCCCCCCCCCCCCC[CH2][Al]1[CH2]CCC[CH2]1. The van der Waals surface area contributed by atoms with E-state index in [0.29, 0.717) is 0 Å². The van der Waals surface area contributed by atoms with Gasteiger partial charge in [0.15, 0.2) is 0 Å². The lowest BCUT2D eigenvalue weighted by molar-refractivity contribution is 0.531. The van der Waals surface area contributed by atoms with Crippen molar-refractivity contribution < 1.29 is 0 Å². The third kappa shape index (κ3) is 14.8. The Morgan fingerprint density at radius 3 is 1.25 bits per heavy atom. The topological polar surface area (TPSA) is 0 Å². The minimum Gasteiger partial charge on any atom is -0.0939 e. The van der Waals surface area contributed by atoms with E-state index in [2.05, 4.69) is 6.92 Å². The van der Waals surface area contributed by atoms with Crippen molar-refractivity contribution in [2.75, 3.05) is 0 Å². The lowest BCUT2D eigenvalue weighted by Gasteiger charge is -2.16. The van der Waals surface area contributed by atoms with Crippen LogP contribution in [0.3, 0.4) is 0 Å². The molecule has 1 aliphatic heterocycles. The molecule has 0 unspecified atom stereocenters. The third-order valence-electron chi connectivity index (χ3n) is 6.19. The van der Waals surface area contributed by atoms with E-state index in [1.165, 1.54) is 89.9 Å². The molecule has 0 aliphatic carbocycles. The molecule has 1 heterocycles. The molecule has 1 rings (SSSR count). The van der Waals surface area contributed by atoms with Crippen LogP contribution in [0.15, 0.2) is 0 Å². The van der Waals surface area contributed by atoms with Crippen LogP contribution in [0.2, 0.25) is 15.8 Å².